The van der Waals surface area contributed by atoms with E-state index in [1.54, 1.807) is 11.4 Å². The highest BCUT2D eigenvalue weighted by molar-refractivity contribution is 6.22. The Hall–Kier alpha value is -2.88. The van der Waals surface area contributed by atoms with E-state index in [2.05, 4.69) is 0 Å². The van der Waals surface area contributed by atoms with Crippen molar-refractivity contribution in [3.8, 4) is 0 Å². The van der Waals surface area contributed by atoms with Gasteiger partial charge in [-0.05, 0) is 23.8 Å². The van der Waals surface area contributed by atoms with Crippen molar-refractivity contribution in [2.45, 2.75) is 24.4 Å². The SMILES string of the molecule is O=C(Nc1cc(C(F)(F)F)cc(C(F)(F)F)c1)[C@]1(O)Cc2ccccc2C1=O. The van der Waals surface area contributed by atoms with E-state index in [1.165, 1.54) is 18.2 Å². The Morgan fingerprint density at radius 3 is 2.00 bits per heavy atom. The predicted octanol–water partition coefficient (Wildman–Crippen LogP) is 3.83. The number of halogens is 6. The number of Topliss-reactive ketones (excluding diaryl/α,β-unsaturated/α-hetero) is 1. The highest BCUT2D eigenvalue weighted by atomic mass is 19.4. The van der Waals surface area contributed by atoms with E-state index in [0.29, 0.717) is 17.7 Å². The van der Waals surface area contributed by atoms with Gasteiger partial charge in [0.2, 0.25) is 11.4 Å². The van der Waals surface area contributed by atoms with Crippen LogP contribution in [0.3, 0.4) is 0 Å². The molecule has 0 aliphatic heterocycles. The molecule has 1 amide bonds. The van der Waals surface area contributed by atoms with E-state index < -0.39 is 52.9 Å². The molecular weight excluding hydrogens is 392 g/mol. The summed E-state index contributed by atoms with van der Waals surface area (Å²) in [5, 5.41) is 12.3. The third-order valence-electron chi connectivity index (χ3n) is 4.31. The van der Waals surface area contributed by atoms with Crippen molar-refractivity contribution in [1.29, 1.82) is 0 Å². The lowest BCUT2D eigenvalue weighted by Gasteiger charge is -2.21. The lowest BCUT2D eigenvalue weighted by molar-refractivity contribution is -0.143. The smallest absolute Gasteiger partial charge is 0.373 e. The Morgan fingerprint density at radius 2 is 1.50 bits per heavy atom. The second-order valence-corrected chi connectivity index (χ2v) is 6.27. The van der Waals surface area contributed by atoms with E-state index >= 15 is 0 Å². The molecule has 0 unspecified atom stereocenters. The summed E-state index contributed by atoms with van der Waals surface area (Å²) in [6.07, 6.45) is -10.6. The van der Waals surface area contributed by atoms with Crippen molar-refractivity contribution in [3.05, 3.63) is 64.7 Å². The Balaban J connectivity index is 1.96. The number of hydrogen-bond donors (Lipinski definition) is 2. The highest BCUT2D eigenvalue weighted by Crippen LogP contribution is 2.38. The summed E-state index contributed by atoms with van der Waals surface area (Å²) in [5.74, 6) is -2.40. The Morgan fingerprint density at radius 1 is 0.964 bits per heavy atom. The zero-order valence-electron chi connectivity index (χ0n) is 13.8. The van der Waals surface area contributed by atoms with Gasteiger partial charge in [0.1, 0.15) is 0 Å². The molecule has 0 radical (unpaired) electrons. The lowest BCUT2D eigenvalue weighted by Crippen LogP contribution is -2.48. The molecule has 0 heterocycles. The molecular formula is C18H11F6NO3. The number of hydrogen-bond acceptors (Lipinski definition) is 3. The molecule has 1 atom stereocenters. The molecule has 0 spiro atoms. The number of aliphatic hydroxyl groups is 1. The third kappa shape index (κ3) is 3.47. The number of ketones is 1. The van der Waals surface area contributed by atoms with Crippen LogP contribution in [0.1, 0.15) is 27.0 Å². The van der Waals surface area contributed by atoms with Crippen LogP contribution in [0.25, 0.3) is 0 Å². The van der Waals surface area contributed by atoms with Gasteiger partial charge in [0, 0.05) is 17.7 Å². The molecule has 1 aliphatic rings. The minimum absolute atomic E-state index is 0.0557. The van der Waals surface area contributed by atoms with Gasteiger partial charge in [-0.25, -0.2) is 0 Å². The molecule has 0 saturated heterocycles. The Kier molecular flexibility index (Phi) is 4.49. The van der Waals surface area contributed by atoms with Gasteiger partial charge >= 0.3 is 12.4 Å². The second kappa shape index (κ2) is 6.33. The molecule has 0 fully saturated rings. The van der Waals surface area contributed by atoms with E-state index in [4.69, 9.17) is 0 Å². The fourth-order valence-electron chi connectivity index (χ4n) is 2.92. The summed E-state index contributed by atoms with van der Waals surface area (Å²) >= 11 is 0. The van der Waals surface area contributed by atoms with E-state index in [9.17, 15) is 41.0 Å². The Labute approximate surface area is 153 Å². The summed E-state index contributed by atoms with van der Waals surface area (Å²) in [5.41, 5.74) is -6.35. The first-order chi connectivity index (χ1) is 12.8. The summed E-state index contributed by atoms with van der Waals surface area (Å²) in [4.78, 5) is 24.7. The van der Waals surface area contributed by atoms with Gasteiger partial charge in [0.15, 0.2) is 0 Å². The number of alkyl halides is 6. The number of rotatable bonds is 2. The molecule has 148 valence electrons. The lowest BCUT2D eigenvalue weighted by atomic mass is 9.97. The molecule has 10 heteroatoms. The zero-order valence-corrected chi connectivity index (χ0v) is 13.8. The molecule has 2 aromatic carbocycles. The quantitative estimate of drug-likeness (QED) is 0.592. The van der Waals surface area contributed by atoms with Crippen molar-refractivity contribution in [3.63, 3.8) is 0 Å². The highest BCUT2D eigenvalue weighted by Gasteiger charge is 2.50. The van der Waals surface area contributed by atoms with Crippen LogP contribution in [0.2, 0.25) is 0 Å². The van der Waals surface area contributed by atoms with E-state index in [0.717, 1.165) is 0 Å². The van der Waals surface area contributed by atoms with Gasteiger partial charge in [-0.1, -0.05) is 24.3 Å². The number of benzene rings is 2. The molecule has 3 rings (SSSR count). The van der Waals surface area contributed by atoms with Crippen LogP contribution >= 0.6 is 0 Å². The maximum atomic E-state index is 12.9. The van der Waals surface area contributed by atoms with Gasteiger partial charge in [-0.3, -0.25) is 9.59 Å². The van der Waals surface area contributed by atoms with Crippen LogP contribution in [0.5, 0.6) is 0 Å². The number of fused-ring (bicyclic) bond motifs is 1. The molecule has 0 bridgehead atoms. The molecule has 4 nitrogen and oxygen atoms in total. The summed E-state index contributed by atoms with van der Waals surface area (Å²) in [7, 11) is 0. The standard InChI is InChI=1S/C18H11F6NO3/c19-17(20,21)10-5-11(18(22,23)24)7-12(6-10)25-15(27)16(28)8-9-3-1-2-4-13(9)14(16)26/h1-7,28H,8H2,(H,25,27)/t16-/m0/s1. The van der Waals surface area contributed by atoms with Gasteiger partial charge < -0.3 is 10.4 Å². The maximum Gasteiger partial charge on any atom is 0.416 e. The largest absolute Gasteiger partial charge is 0.416 e. The van der Waals surface area contributed by atoms with Crippen LogP contribution in [-0.4, -0.2) is 22.4 Å². The molecule has 0 aromatic heterocycles. The molecule has 28 heavy (non-hydrogen) atoms. The van der Waals surface area contributed by atoms with Crippen LogP contribution in [0.4, 0.5) is 32.0 Å². The average molecular weight is 403 g/mol. The molecule has 1 aliphatic carbocycles. The fourth-order valence-corrected chi connectivity index (χ4v) is 2.92. The van der Waals surface area contributed by atoms with Gasteiger partial charge in [-0.2, -0.15) is 26.3 Å². The van der Waals surface area contributed by atoms with Gasteiger partial charge in [-0.15, -0.1) is 0 Å². The maximum absolute atomic E-state index is 12.9. The summed E-state index contributed by atoms with van der Waals surface area (Å²) < 4.78 is 77.4. The van der Waals surface area contributed by atoms with Crippen LogP contribution < -0.4 is 5.32 Å². The second-order valence-electron chi connectivity index (χ2n) is 6.27. The van der Waals surface area contributed by atoms with Crippen molar-refractivity contribution >= 4 is 17.4 Å². The molecule has 0 saturated carbocycles. The normalized spacial score (nSPS) is 19.5. The van der Waals surface area contributed by atoms with Crippen LogP contribution in [0, 0.1) is 0 Å². The van der Waals surface area contributed by atoms with E-state index in [-0.39, 0.29) is 11.6 Å². The first kappa shape index (κ1) is 19.9. The fraction of sp³-hybridized carbons (Fsp3) is 0.222. The first-order valence-electron chi connectivity index (χ1n) is 7.78. The zero-order chi connectivity index (χ0) is 20.9. The van der Waals surface area contributed by atoms with Crippen molar-refractivity contribution in [1.82, 2.24) is 0 Å². The molecule has 2 N–H and O–H groups in total. The Bertz CT molecular complexity index is 934. The average Bonchev–Trinajstić information content (AvgIpc) is 2.85. The minimum atomic E-state index is -5.10. The molecule has 2 aromatic rings. The van der Waals surface area contributed by atoms with Crippen molar-refractivity contribution in [2.24, 2.45) is 0 Å². The topological polar surface area (TPSA) is 66.4 Å². The van der Waals surface area contributed by atoms with Crippen molar-refractivity contribution in [2.75, 3.05) is 5.32 Å². The minimum Gasteiger partial charge on any atom is -0.373 e. The number of carbonyl (C=O) groups excluding carboxylic acids is 2. The summed E-state index contributed by atoms with van der Waals surface area (Å²) in [6.45, 7) is 0. The number of amides is 1. The summed E-state index contributed by atoms with van der Waals surface area (Å²) in [6, 6.07) is 6.37. The van der Waals surface area contributed by atoms with Crippen LogP contribution in [0.15, 0.2) is 42.5 Å². The number of carbonyl (C=O) groups is 2. The first-order valence-corrected chi connectivity index (χ1v) is 7.78. The number of anilines is 1. The number of nitrogens with one attached hydrogen (secondary N) is 1. The predicted molar refractivity (Wildman–Crippen MR) is 84.5 cm³/mol. The van der Waals surface area contributed by atoms with Gasteiger partial charge in [0.05, 0.1) is 11.1 Å². The van der Waals surface area contributed by atoms with E-state index in [1.807, 2.05) is 0 Å². The van der Waals surface area contributed by atoms with Gasteiger partial charge in [0.25, 0.3) is 5.91 Å². The monoisotopic (exact) mass is 403 g/mol. The third-order valence-corrected chi connectivity index (χ3v) is 4.31. The van der Waals surface area contributed by atoms with Crippen LogP contribution in [-0.2, 0) is 23.6 Å². The van der Waals surface area contributed by atoms with Crippen molar-refractivity contribution < 1.29 is 41.0 Å².